The van der Waals surface area contributed by atoms with Crippen LogP contribution in [0.15, 0.2) is 0 Å². The second-order valence-corrected chi connectivity index (χ2v) is 7.15. The summed E-state index contributed by atoms with van der Waals surface area (Å²) in [7, 11) is 0. The van der Waals surface area contributed by atoms with Gasteiger partial charge in [0.05, 0.1) is 0 Å². The molecule has 1 saturated heterocycles. The van der Waals surface area contributed by atoms with E-state index in [9.17, 15) is 0 Å². The third kappa shape index (κ3) is 4.02. The van der Waals surface area contributed by atoms with Gasteiger partial charge in [-0.25, -0.2) is 0 Å². The summed E-state index contributed by atoms with van der Waals surface area (Å²) in [6.45, 7) is 5.70. The molecule has 0 amide bonds. The van der Waals surface area contributed by atoms with Crippen LogP contribution in [0.3, 0.4) is 0 Å². The molecule has 0 bridgehead atoms. The van der Waals surface area contributed by atoms with Crippen LogP contribution >= 0.6 is 0 Å². The van der Waals surface area contributed by atoms with Crippen molar-refractivity contribution in [2.45, 2.75) is 62.4 Å². The first kappa shape index (κ1) is 11.6. The van der Waals surface area contributed by atoms with E-state index in [1.54, 1.807) is 0 Å². The van der Waals surface area contributed by atoms with Gasteiger partial charge >= 0.3 is 14.5 Å². The van der Waals surface area contributed by atoms with Crippen molar-refractivity contribution in [3.05, 3.63) is 0 Å². The van der Waals surface area contributed by atoms with Crippen molar-refractivity contribution in [3.63, 3.8) is 0 Å². The van der Waals surface area contributed by atoms with Gasteiger partial charge in [0.1, 0.15) is 0 Å². The quantitative estimate of drug-likeness (QED) is 0.611. The standard InChI is InChI=1S/C7H15.C4H8O.Al/c1-3-5-7-6-4-2;1-2-3-4-5;/h5H,3-4,6-7H2,1-2H3;1-4H2;/q;-1;+1. The van der Waals surface area contributed by atoms with E-state index in [0.29, 0.717) is 0 Å². The Hall–Kier alpha value is 0.492. The molecule has 0 radical (unpaired) electrons. The number of hydrogen-bond acceptors (Lipinski definition) is 1. The molecular weight excluding hydrogens is 175 g/mol. The van der Waals surface area contributed by atoms with E-state index in [0.717, 1.165) is 11.4 Å². The predicted octanol–water partition coefficient (Wildman–Crippen LogP) is 3.76. The Morgan fingerprint density at radius 3 is 2.69 bits per heavy atom. The molecule has 0 aromatic rings. The Labute approximate surface area is 87.6 Å². The first-order chi connectivity index (χ1) is 6.38. The van der Waals surface area contributed by atoms with E-state index in [4.69, 9.17) is 3.79 Å². The van der Waals surface area contributed by atoms with Crippen LogP contribution in [-0.2, 0) is 3.79 Å². The first-order valence-corrected chi connectivity index (χ1v) is 7.95. The van der Waals surface area contributed by atoms with Gasteiger partial charge in [-0.1, -0.05) is 56.0 Å². The van der Waals surface area contributed by atoms with E-state index in [1.807, 2.05) is 0 Å². The minimum atomic E-state index is -0.773. The van der Waals surface area contributed by atoms with Crippen LogP contribution in [-0.4, -0.2) is 21.1 Å². The molecule has 0 N–H and O–H groups in total. The molecular formula is C11H23AlO. The van der Waals surface area contributed by atoms with Crippen molar-refractivity contribution in [1.29, 1.82) is 0 Å². The largest absolute Gasteiger partial charge is 0.500 e. The van der Waals surface area contributed by atoms with Gasteiger partial charge in [-0.2, -0.15) is 0 Å². The van der Waals surface area contributed by atoms with Crippen LogP contribution in [0.2, 0.25) is 10.1 Å². The van der Waals surface area contributed by atoms with E-state index in [-0.39, 0.29) is 0 Å². The minimum absolute atomic E-state index is 0.773. The molecule has 1 aliphatic rings. The zero-order valence-corrected chi connectivity index (χ0v) is 10.4. The highest BCUT2D eigenvalue weighted by molar-refractivity contribution is 6.53. The van der Waals surface area contributed by atoms with Crippen LogP contribution in [0.5, 0.6) is 0 Å². The Morgan fingerprint density at radius 2 is 2.15 bits per heavy atom. The smallest absolute Gasteiger partial charge is 0.464 e. The van der Waals surface area contributed by atoms with Crippen molar-refractivity contribution in [1.82, 2.24) is 0 Å². The number of hydrogen-bond donors (Lipinski definition) is 0. The fourth-order valence-corrected chi connectivity index (χ4v) is 5.46. The lowest BCUT2D eigenvalue weighted by Gasteiger charge is -2.25. The van der Waals surface area contributed by atoms with E-state index in [1.165, 1.54) is 43.8 Å². The molecule has 0 aliphatic carbocycles. The molecule has 1 heterocycles. The van der Waals surface area contributed by atoms with Gasteiger partial charge in [-0.3, -0.25) is 0 Å². The summed E-state index contributed by atoms with van der Waals surface area (Å²) < 4.78 is 6.94. The van der Waals surface area contributed by atoms with Crippen LogP contribution in [0, 0.1) is 0 Å². The number of rotatable bonds is 5. The van der Waals surface area contributed by atoms with E-state index >= 15 is 0 Å². The van der Waals surface area contributed by atoms with Gasteiger partial charge in [0, 0.05) is 6.61 Å². The molecule has 1 unspecified atom stereocenters. The highest BCUT2D eigenvalue weighted by Gasteiger charge is 2.31. The lowest BCUT2D eigenvalue weighted by Crippen LogP contribution is -2.28. The molecule has 0 aromatic carbocycles. The van der Waals surface area contributed by atoms with Gasteiger partial charge < -0.3 is 3.79 Å². The fraction of sp³-hybridized carbons (Fsp3) is 1.00. The van der Waals surface area contributed by atoms with Crippen molar-refractivity contribution in [2.24, 2.45) is 0 Å². The molecule has 76 valence electrons. The van der Waals surface area contributed by atoms with Crippen LogP contribution < -0.4 is 0 Å². The summed E-state index contributed by atoms with van der Waals surface area (Å²) >= 11 is -0.773. The lowest BCUT2D eigenvalue weighted by atomic mass is 10.1. The van der Waals surface area contributed by atoms with E-state index < -0.39 is 14.5 Å². The topological polar surface area (TPSA) is 9.23 Å². The van der Waals surface area contributed by atoms with Crippen molar-refractivity contribution in [3.8, 4) is 0 Å². The van der Waals surface area contributed by atoms with E-state index in [2.05, 4.69) is 13.8 Å². The monoisotopic (exact) mass is 198 g/mol. The molecule has 1 rings (SSSR count). The average molecular weight is 198 g/mol. The Kier molecular flexibility index (Phi) is 6.12. The van der Waals surface area contributed by atoms with Gasteiger partial charge in [0.25, 0.3) is 0 Å². The van der Waals surface area contributed by atoms with Gasteiger partial charge in [-0.15, -0.1) is 0 Å². The minimum Gasteiger partial charge on any atom is -0.500 e. The third-order valence-electron chi connectivity index (χ3n) is 3.19. The predicted molar refractivity (Wildman–Crippen MR) is 59.3 cm³/mol. The first-order valence-electron chi connectivity index (χ1n) is 6.00. The maximum absolute atomic E-state index is 5.97. The fourth-order valence-electron chi connectivity index (χ4n) is 2.26. The van der Waals surface area contributed by atoms with Crippen molar-refractivity contribution < 1.29 is 3.79 Å². The third-order valence-corrected chi connectivity index (χ3v) is 6.69. The molecule has 1 fully saturated rings. The molecule has 0 aromatic heterocycles. The maximum atomic E-state index is 5.97. The van der Waals surface area contributed by atoms with Crippen molar-refractivity contribution >= 4 is 14.5 Å². The lowest BCUT2D eigenvalue weighted by molar-refractivity contribution is 0.276. The SMILES string of the molecule is CCCC[CH](CC)[Al]1[CH2]CCC[O]1. The van der Waals surface area contributed by atoms with Crippen LogP contribution in [0.25, 0.3) is 0 Å². The zero-order chi connectivity index (χ0) is 9.52. The van der Waals surface area contributed by atoms with Gasteiger partial charge in [0.15, 0.2) is 0 Å². The van der Waals surface area contributed by atoms with Crippen molar-refractivity contribution in [2.75, 3.05) is 6.61 Å². The maximum Gasteiger partial charge on any atom is 0.464 e. The molecule has 1 aliphatic heterocycles. The van der Waals surface area contributed by atoms with Crippen LogP contribution in [0.1, 0.15) is 52.4 Å². The second kappa shape index (κ2) is 6.87. The Bertz CT molecular complexity index is 121. The molecule has 1 atom stereocenters. The zero-order valence-electron chi connectivity index (χ0n) is 9.22. The highest BCUT2D eigenvalue weighted by Crippen LogP contribution is 2.28. The Balaban J connectivity index is 2.26. The summed E-state index contributed by atoms with van der Waals surface area (Å²) in [5.41, 5.74) is 0. The van der Waals surface area contributed by atoms with Gasteiger partial charge in [-0.05, 0) is 6.42 Å². The molecule has 2 heteroatoms. The molecule has 13 heavy (non-hydrogen) atoms. The summed E-state index contributed by atoms with van der Waals surface area (Å²) in [5, 5.41) is 1.45. The number of unbranched alkanes of at least 4 members (excludes halogenated alkanes) is 1. The van der Waals surface area contributed by atoms with Crippen LogP contribution in [0.4, 0.5) is 0 Å². The molecule has 0 saturated carbocycles. The summed E-state index contributed by atoms with van der Waals surface area (Å²) in [4.78, 5) is 0. The normalized spacial score (nSPS) is 20.3. The Morgan fingerprint density at radius 1 is 1.31 bits per heavy atom. The summed E-state index contributed by atoms with van der Waals surface area (Å²) in [5.74, 6) is 0. The highest BCUT2D eigenvalue weighted by atomic mass is 27.2. The second-order valence-electron chi connectivity index (χ2n) is 4.22. The summed E-state index contributed by atoms with van der Waals surface area (Å²) in [6, 6.07) is 0. The summed E-state index contributed by atoms with van der Waals surface area (Å²) in [6.07, 6.45) is 8.30. The molecule has 1 nitrogen and oxygen atoms in total. The van der Waals surface area contributed by atoms with Gasteiger partial charge in [0.2, 0.25) is 0 Å². The average Bonchev–Trinajstić information content (AvgIpc) is 2.21. The molecule has 0 spiro atoms.